The third-order valence-electron chi connectivity index (χ3n) is 1.83. The first-order valence-electron chi connectivity index (χ1n) is 3.66. The van der Waals surface area contributed by atoms with E-state index < -0.39 is 0 Å². The number of aliphatic hydroxyl groups excluding tert-OH is 1. The molecule has 1 rings (SSSR count). The molecule has 0 unspecified atom stereocenters. The second-order valence-electron chi connectivity index (χ2n) is 2.94. The summed E-state index contributed by atoms with van der Waals surface area (Å²) in [7, 11) is 0. The van der Waals surface area contributed by atoms with Crippen LogP contribution in [0.4, 0.5) is 0 Å². The summed E-state index contributed by atoms with van der Waals surface area (Å²) in [6.45, 7) is 6.39. The van der Waals surface area contributed by atoms with Crippen LogP contribution in [0.15, 0.2) is 12.7 Å². The van der Waals surface area contributed by atoms with Crippen molar-refractivity contribution in [2.75, 3.05) is 6.61 Å². The fourth-order valence-corrected chi connectivity index (χ4v) is 1.23. The van der Waals surface area contributed by atoms with Crippen LogP contribution in [-0.4, -0.2) is 23.9 Å². The summed E-state index contributed by atoms with van der Waals surface area (Å²) in [5.74, 6) is 0.478. The third-order valence-corrected chi connectivity index (χ3v) is 1.83. The number of aliphatic hydroxyl groups is 1. The minimum atomic E-state index is -0.346. The van der Waals surface area contributed by atoms with Crippen molar-refractivity contribution in [1.29, 1.82) is 0 Å². The van der Waals surface area contributed by atoms with Crippen LogP contribution in [0.3, 0.4) is 0 Å². The van der Waals surface area contributed by atoms with Crippen LogP contribution in [0.1, 0.15) is 13.3 Å². The standard InChI is InChI=1S/C8H14O2/c1-3-8-7(9)4-6(2)5-10-8/h3,6-9H,1,4-5H2,2H3/t6-,7-,8+/m1/s1. The van der Waals surface area contributed by atoms with Gasteiger partial charge in [0.1, 0.15) is 6.10 Å². The molecule has 2 nitrogen and oxygen atoms in total. The van der Waals surface area contributed by atoms with Gasteiger partial charge in [0.05, 0.1) is 12.7 Å². The van der Waals surface area contributed by atoms with Crippen LogP contribution >= 0.6 is 0 Å². The Morgan fingerprint density at radius 3 is 2.90 bits per heavy atom. The van der Waals surface area contributed by atoms with Gasteiger partial charge in [0.2, 0.25) is 0 Å². The molecular weight excluding hydrogens is 128 g/mol. The Balaban J connectivity index is 2.43. The third kappa shape index (κ3) is 1.58. The first-order valence-corrected chi connectivity index (χ1v) is 3.66. The van der Waals surface area contributed by atoms with Crippen LogP contribution < -0.4 is 0 Å². The van der Waals surface area contributed by atoms with Gasteiger partial charge in [0.25, 0.3) is 0 Å². The van der Waals surface area contributed by atoms with E-state index in [1.165, 1.54) is 0 Å². The Kier molecular flexibility index (Phi) is 2.46. The molecule has 0 aliphatic carbocycles. The molecule has 0 spiro atoms. The van der Waals surface area contributed by atoms with E-state index in [4.69, 9.17) is 4.74 Å². The molecule has 1 saturated heterocycles. The Labute approximate surface area is 61.5 Å². The molecule has 1 fully saturated rings. The first-order chi connectivity index (χ1) is 4.74. The van der Waals surface area contributed by atoms with Crippen molar-refractivity contribution in [3.8, 4) is 0 Å². The molecule has 2 heteroatoms. The Bertz CT molecular complexity index is 122. The van der Waals surface area contributed by atoms with E-state index in [0.717, 1.165) is 13.0 Å². The summed E-state index contributed by atoms with van der Waals surface area (Å²) >= 11 is 0. The van der Waals surface area contributed by atoms with E-state index in [9.17, 15) is 5.11 Å². The summed E-state index contributed by atoms with van der Waals surface area (Å²) in [5, 5.41) is 9.34. The monoisotopic (exact) mass is 142 g/mol. The van der Waals surface area contributed by atoms with Gasteiger partial charge in [0.15, 0.2) is 0 Å². The lowest BCUT2D eigenvalue weighted by Crippen LogP contribution is -2.36. The van der Waals surface area contributed by atoms with E-state index in [0.29, 0.717) is 5.92 Å². The maximum Gasteiger partial charge on any atom is 0.101 e. The molecule has 1 heterocycles. The van der Waals surface area contributed by atoms with Crippen molar-refractivity contribution in [2.24, 2.45) is 5.92 Å². The molecule has 3 atom stereocenters. The summed E-state index contributed by atoms with van der Waals surface area (Å²) in [4.78, 5) is 0. The van der Waals surface area contributed by atoms with Crippen LogP contribution in [0.2, 0.25) is 0 Å². The molecule has 0 amide bonds. The normalized spacial score (nSPS) is 41.2. The number of hydrogen-bond donors (Lipinski definition) is 1. The maximum atomic E-state index is 9.34. The lowest BCUT2D eigenvalue weighted by atomic mass is 9.98. The van der Waals surface area contributed by atoms with E-state index in [-0.39, 0.29) is 12.2 Å². The molecule has 1 aliphatic heterocycles. The molecule has 58 valence electrons. The average Bonchev–Trinajstić information content (AvgIpc) is 1.88. The number of hydrogen-bond acceptors (Lipinski definition) is 2. The highest BCUT2D eigenvalue weighted by Crippen LogP contribution is 2.19. The predicted octanol–water partition coefficient (Wildman–Crippen LogP) is 0.958. The fourth-order valence-electron chi connectivity index (χ4n) is 1.23. The van der Waals surface area contributed by atoms with Crippen LogP contribution in [0.5, 0.6) is 0 Å². The van der Waals surface area contributed by atoms with Gasteiger partial charge < -0.3 is 9.84 Å². The van der Waals surface area contributed by atoms with Crippen LogP contribution in [0.25, 0.3) is 0 Å². The lowest BCUT2D eigenvalue weighted by Gasteiger charge is -2.29. The Morgan fingerprint density at radius 2 is 2.40 bits per heavy atom. The fraction of sp³-hybridized carbons (Fsp3) is 0.750. The van der Waals surface area contributed by atoms with E-state index in [2.05, 4.69) is 13.5 Å². The largest absolute Gasteiger partial charge is 0.390 e. The van der Waals surface area contributed by atoms with Crippen molar-refractivity contribution in [1.82, 2.24) is 0 Å². The van der Waals surface area contributed by atoms with Gasteiger partial charge in [0, 0.05) is 0 Å². The predicted molar refractivity (Wildman–Crippen MR) is 39.7 cm³/mol. The minimum Gasteiger partial charge on any atom is -0.390 e. The SMILES string of the molecule is C=C[C@@H]1OC[C@H](C)C[C@H]1O. The lowest BCUT2D eigenvalue weighted by molar-refractivity contribution is -0.0710. The molecule has 10 heavy (non-hydrogen) atoms. The zero-order valence-corrected chi connectivity index (χ0v) is 6.29. The second kappa shape index (κ2) is 3.17. The molecular formula is C8H14O2. The van der Waals surface area contributed by atoms with E-state index in [1.807, 2.05) is 0 Å². The quantitative estimate of drug-likeness (QED) is 0.552. The van der Waals surface area contributed by atoms with E-state index >= 15 is 0 Å². The molecule has 0 saturated carbocycles. The van der Waals surface area contributed by atoms with Gasteiger partial charge in [-0.25, -0.2) is 0 Å². The average molecular weight is 142 g/mol. The Hall–Kier alpha value is -0.340. The summed E-state index contributed by atoms with van der Waals surface area (Å²) in [6, 6.07) is 0. The van der Waals surface area contributed by atoms with Crippen molar-refractivity contribution < 1.29 is 9.84 Å². The highest BCUT2D eigenvalue weighted by Gasteiger charge is 2.24. The zero-order chi connectivity index (χ0) is 7.56. The van der Waals surface area contributed by atoms with Gasteiger partial charge in [-0.05, 0) is 12.3 Å². The summed E-state index contributed by atoms with van der Waals surface area (Å²) in [6.07, 6.45) is 2.00. The number of ether oxygens (including phenoxy) is 1. The molecule has 0 aromatic rings. The van der Waals surface area contributed by atoms with Gasteiger partial charge in [-0.3, -0.25) is 0 Å². The van der Waals surface area contributed by atoms with Crippen molar-refractivity contribution in [3.63, 3.8) is 0 Å². The maximum absolute atomic E-state index is 9.34. The molecule has 1 N–H and O–H groups in total. The smallest absolute Gasteiger partial charge is 0.101 e. The number of rotatable bonds is 1. The Morgan fingerprint density at radius 1 is 1.70 bits per heavy atom. The van der Waals surface area contributed by atoms with Crippen molar-refractivity contribution >= 4 is 0 Å². The summed E-state index contributed by atoms with van der Waals surface area (Å²) < 4.78 is 5.28. The molecule has 0 radical (unpaired) electrons. The van der Waals surface area contributed by atoms with E-state index in [1.54, 1.807) is 6.08 Å². The van der Waals surface area contributed by atoms with Crippen LogP contribution in [0, 0.1) is 5.92 Å². The molecule has 0 bridgehead atoms. The highest BCUT2D eigenvalue weighted by atomic mass is 16.5. The molecule has 1 aliphatic rings. The van der Waals surface area contributed by atoms with Gasteiger partial charge >= 0.3 is 0 Å². The summed E-state index contributed by atoms with van der Waals surface area (Å²) in [5.41, 5.74) is 0. The molecule has 0 aromatic carbocycles. The minimum absolute atomic E-state index is 0.142. The van der Waals surface area contributed by atoms with Gasteiger partial charge in [-0.2, -0.15) is 0 Å². The van der Waals surface area contributed by atoms with Gasteiger partial charge in [-0.15, -0.1) is 6.58 Å². The van der Waals surface area contributed by atoms with Gasteiger partial charge in [-0.1, -0.05) is 13.0 Å². The van der Waals surface area contributed by atoms with Crippen molar-refractivity contribution in [3.05, 3.63) is 12.7 Å². The zero-order valence-electron chi connectivity index (χ0n) is 6.29. The highest BCUT2D eigenvalue weighted by molar-refractivity contribution is 4.89. The molecule has 0 aromatic heterocycles. The van der Waals surface area contributed by atoms with Crippen LogP contribution in [-0.2, 0) is 4.74 Å². The first kappa shape index (κ1) is 7.76. The van der Waals surface area contributed by atoms with Crippen molar-refractivity contribution in [2.45, 2.75) is 25.6 Å². The topological polar surface area (TPSA) is 29.5 Å². The second-order valence-corrected chi connectivity index (χ2v) is 2.94.